The number of hydrogen-bond acceptors (Lipinski definition) is 4. The Morgan fingerprint density at radius 1 is 0.976 bits per heavy atom. The van der Waals surface area contributed by atoms with Crippen LogP contribution in [0.15, 0.2) is 42.5 Å². The molecule has 0 spiro atoms. The van der Waals surface area contributed by atoms with Crippen LogP contribution in [-0.4, -0.2) is 99.2 Å². The van der Waals surface area contributed by atoms with Crippen molar-refractivity contribution < 1.29 is 18.8 Å². The highest BCUT2D eigenvalue weighted by atomic mass is 35.5. The van der Waals surface area contributed by atoms with E-state index in [1.807, 2.05) is 51.5 Å². The molecule has 2 aromatic rings. The molecular weight excluding hydrogens is 559 g/mol. The van der Waals surface area contributed by atoms with Crippen molar-refractivity contribution in [2.75, 3.05) is 67.5 Å². The number of ether oxygens (including phenoxy) is 1. The molecule has 0 bridgehead atoms. The van der Waals surface area contributed by atoms with Gasteiger partial charge in [0.2, 0.25) is 0 Å². The van der Waals surface area contributed by atoms with Crippen LogP contribution in [-0.2, 0) is 4.79 Å². The summed E-state index contributed by atoms with van der Waals surface area (Å²) in [5.41, 5.74) is 1.25. The maximum absolute atomic E-state index is 14.0. The predicted molar refractivity (Wildman–Crippen MR) is 166 cm³/mol. The number of halogens is 2. The van der Waals surface area contributed by atoms with Crippen molar-refractivity contribution >= 4 is 35.0 Å². The number of likely N-dealkylation sites (tertiary alicyclic amines) is 1. The van der Waals surface area contributed by atoms with Gasteiger partial charge in [-0.25, -0.2) is 0 Å². The highest BCUT2D eigenvalue weighted by Crippen LogP contribution is 2.40. The van der Waals surface area contributed by atoms with Crippen molar-refractivity contribution in [2.24, 2.45) is 0 Å². The lowest BCUT2D eigenvalue weighted by Gasteiger charge is -2.56. The number of likely N-dealkylation sites (N-methyl/N-ethyl adjacent to an activating group) is 2. The fraction of sp³-hybridized carbons (Fsp3) is 0.562. The molecule has 0 radical (unpaired) electrons. The minimum atomic E-state index is -0.428. The van der Waals surface area contributed by atoms with Gasteiger partial charge in [0.15, 0.2) is 5.54 Å². The van der Waals surface area contributed by atoms with Crippen molar-refractivity contribution in [1.82, 2.24) is 15.1 Å². The first kappa shape index (κ1) is 31.6. The minimum Gasteiger partial charge on any atom is -0.497 e. The van der Waals surface area contributed by atoms with E-state index >= 15 is 0 Å². The van der Waals surface area contributed by atoms with E-state index in [1.165, 1.54) is 6.42 Å². The molecular formula is C32H45Cl2N4O3+. The average molecular weight is 605 g/mol. The summed E-state index contributed by atoms with van der Waals surface area (Å²) in [6, 6.07) is 13.0. The van der Waals surface area contributed by atoms with Crippen LogP contribution >= 0.6 is 23.2 Å². The van der Waals surface area contributed by atoms with E-state index in [9.17, 15) is 9.59 Å². The van der Waals surface area contributed by atoms with Crippen LogP contribution in [0.4, 0.5) is 0 Å². The van der Waals surface area contributed by atoms with E-state index < -0.39 is 5.54 Å². The molecule has 2 aliphatic heterocycles. The van der Waals surface area contributed by atoms with Crippen LogP contribution in [0, 0.1) is 0 Å². The zero-order chi connectivity index (χ0) is 29.6. The van der Waals surface area contributed by atoms with Gasteiger partial charge < -0.3 is 24.3 Å². The van der Waals surface area contributed by atoms with Gasteiger partial charge in [-0.1, -0.05) is 29.3 Å². The van der Waals surface area contributed by atoms with Gasteiger partial charge in [-0.05, 0) is 61.2 Å². The number of amides is 2. The molecule has 4 rings (SSSR count). The van der Waals surface area contributed by atoms with Gasteiger partial charge in [0.05, 0.1) is 36.8 Å². The summed E-state index contributed by atoms with van der Waals surface area (Å²) in [5.74, 6) is 0.950. The van der Waals surface area contributed by atoms with Crippen molar-refractivity contribution in [2.45, 2.75) is 50.0 Å². The Labute approximate surface area is 255 Å². The second-order valence-electron chi connectivity index (χ2n) is 11.9. The van der Waals surface area contributed by atoms with E-state index in [2.05, 4.69) is 5.32 Å². The molecule has 0 saturated carbocycles. The zero-order valence-electron chi connectivity index (χ0n) is 24.9. The maximum Gasteiger partial charge on any atom is 0.283 e. The number of benzene rings is 2. The average Bonchev–Trinajstić information content (AvgIpc) is 3.00. The third kappa shape index (κ3) is 6.85. The Kier molecular flexibility index (Phi) is 10.6. The Hall–Kier alpha value is -2.32. The molecule has 1 atom stereocenters. The summed E-state index contributed by atoms with van der Waals surface area (Å²) in [4.78, 5) is 31.0. The lowest BCUT2D eigenvalue weighted by Crippen LogP contribution is -2.74. The third-order valence-corrected chi connectivity index (χ3v) is 10.1. The Bertz CT molecular complexity index is 1190. The quantitative estimate of drug-likeness (QED) is 0.366. The van der Waals surface area contributed by atoms with Crippen molar-refractivity contribution in [3.8, 4) is 5.75 Å². The van der Waals surface area contributed by atoms with Gasteiger partial charge >= 0.3 is 0 Å². The number of carbonyl (C=O) groups is 2. The van der Waals surface area contributed by atoms with Crippen LogP contribution < -0.4 is 10.1 Å². The monoisotopic (exact) mass is 603 g/mol. The molecule has 2 heterocycles. The van der Waals surface area contributed by atoms with Gasteiger partial charge in [-0.2, -0.15) is 0 Å². The van der Waals surface area contributed by atoms with Crippen LogP contribution in [0.1, 0.15) is 60.4 Å². The molecule has 2 aromatic carbocycles. The second kappa shape index (κ2) is 13.8. The third-order valence-electron chi connectivity index (χ3n) is 9.31. The maximum atomic E-state index is 14.0. The van der Waals surface area contributed by atoms with E-state index in [0.29, 0.717) is 27.9 Å². The van der Waals surface area contributed by atoms with E-state index in [0.717, 1.165) is 74.9 Å². The summed E-state index contributed by atoms with van der Waals surface area (Å²) in [5, 5.41) is 4.52. The SMILES string of the molecule is COc1ccc(C(=O)N(C)CC(CC[N+]2(C3(C(=O)N(C)C)CCNCC3)CCCCC2)c2ccc(Cl)c(Cl)c2)cc1. The van der Waals surface area contributed by atoms with Crippen molar-refractivity contribution in [3.05, 3.63) is 63.6 Å². The summed E-state index contributed by atoms with van der Waals surface area (Å²) in [7, 11) is 7.25. The topological polar surface area (TPSA) is 61.9 Å². The Morgan fingerprint density at radius 3 is 2.22 bits per heavy atom. The van der Waals surface area contributed by atoms with Crippen molar-refractivity contribution in [1.29, 1.82) is 0 Å². The lowest BCUT2D eigenvalue weighted by atomic mass is 9.79. The lowest BCUT2D eigenvalue weighted by molar-refractivity contribution is -0.972. The molecule has 224 valence electrons. The highest BCUT2D eigenvalue weighted by molar-refractivity contribution is 6.42. The number of carbonyl (C=O) groups excluding carboxylic acids is 2. The van der Waals surface area contributed by atoms with E-state index in [-0.39, 0.29) is 17.7 Å². The van der Waals surface area contributed by atoms with Gasteiger partial charge in [0.25, 0.3) is 11.8 Å². The summed E-state index contributed by atoms with van der Waals surface area (Å²) >= 11 is 12.8. The van der Waals surface area contributed by atoms with Crippen LogP contribution in [0.2, 0.25) is 10.0 Å². The molecule has 1 N–H and O–H groups in total. The summed E-state index contributed by atoms with van der Waals surface area (Å²) in [6.45, 7) is 5.13. The van der Waals surface area contributed by atoms with Crippen molar-refractivity contribution in [3.63, 3.8) is 0 Å². The number of methoxy groups -OCH3 is 1. The molecule has 2 fully saturated rings. The minimum absolute atomic E-state index is 0.0297. The molecule has 2 saturated heterocycles. The first-order valence-electron chi connectivity index (χ1n) is 14.8. The number of hydrogen-bond donors (Lipinski definition) is 1. The van der Waals surface area contributed by atoms with Gasteiger partial charge in [-0.15, -0.1) is 0 Å². The number of nitrogens with zero attached hydrogens (tertiary/aromatic N) is 3. The molecule has 0 aliphatic carbocycles. The number of rotatable bonds is 10. The largest absolute Gasteiger partial charge is 0.497 e. The number of quaternary nitrogens is 1. The molecule has 9 heteroatoms. The fourth-order valence-electron chi connectivity index (χ4n) is 7.03. The van der Waals surface area contributed by atoms with E-state index in [1.54, 1.807) is 29.0 Å². The van der Waals surface area contributed by atoms with E-state index in [4.69, 9.17) is 27.9 Å². The molecule has 41 heavy (non-hydrogen) atoms. The number of piperidine rings is 2. The highest BCUT2D eigenvalue weighted by Gasteiger charge is 2.57. The van der Waals surface area contributed by atoms with Crippen LogP contribution in [0.5, 0.6) is 5.75 Å². The van der Waals surface area contributed by atoms with Crippen LogP contribution in [0.3, 0.4) is 0 Å². The molecule has 1 unspecified atom stereocenters. The summed E-state index contributed by atoms with van der Waals surface area (Å²) in [6.07, 6.45) is 5.98. The van der Waals surface area contributed by atoms with Gasteiger partial charge in [0, 0.05) is 71.5 Å². The first-order valence-corrected chi connectivity index (χ1v) is 15.5. The zero-order valence-corrected chi connectivity index (χ0v) is 26.4. The fourth-order valence-corrected chi connectivity index (χ4v) is 7.34. The number of nitrogens with one attached hydrogen (secondary N) is 1. The molecule has 0 aromatic heterocycles. The second-order valence-corrected chi connectivity index (χ2v) is 12.7. The normalized spacial score (nSPS) is 18.8. The molecule has 7 nitrogen and oxygen atoms in total. The first-order chi connectivity index (χ1) is 19.6. The predicted octanol–water partition coefficient (Wildman–Crippen LogP) is 5.46. The Morgan fingerprint density at radius 2 is 1.63 bits per heavy atom. The van der Waals surface area contributed by atoms with Gasteiger partial charge in [-0.3, -0.25) is 9.59 Å². The smallest absolute Gasteiger partial charge is 0.283 e. The molecule has 2 aliphatic rings. The standard InChI is InChI=1S/C32H45Cl2N4O3/c1-36(2)31(40)32(15-17-35-18-16-32)38(19-6-5-7-20-38)21-14-26(25-10-13-28(33)29(34)22-25)23-37(3)30(39)24-8-11-27(41-4)12-9-24/h8-13,22,26,35H,5-7,14-21,23H2,1-4H3/q+1. The van der Waals surface area contributed by atoms with Gasteiger partial charge in [0.1, 0.15) is 5.75 Å². The summed E-state index contributed by atoms with van der Waals surface area (Å²) < 4.78 is 6.08. The van der Waals surface area contributed by atoms with Crippen LogP contribution in [0.25, 0.3) is 0 Å². The molecule has 2 amide bonds. The Balaban J connectivity index is 1.64.